The molecule has 0 fully saturated rings. The second kappa shape index (κ2) is 7.42. The zero-order chi connectivity index (χ0) is 19.0. The van der Waals surface area contributed by atoms with Crippen molar-refractivity contribution >= 4 is 48.4 Å². The maximum absolute atomic E-state index is 12.0. The zero-order valence-electron chi connectivity index (χ0n) is 14.6. The van der Waals surface area contributed by atoms with Gasteiger partial charge in [0.25, 0.3) is 0 Å². The Morgan fingerprint density at radius 1 is 1.26 bits per heavy atom. The van der Waals surface area contributed by atoms with Gasteiger partial charge in [-0.1, -0.05) is 51.5 Å². The number of nitrogens with zero attached hydrogens (tertiary/aromatic N) is 2. The van der Waals surface area contributed by atoms with E-state index in [1.165, 1.54) is 0 Å². The van der Waals surface area contributed by atoms with Crippen molar-refractivity contribution in [3.8, 4) is 11.3 Å². The maximum Gasteiger partial charge on any atom is 0.308 e. The van der Waals surface area contributed by atoms with Crippen molar-refractivity contribution in [1.82, 2.24) is 9.38 Å². The lowest BCUT2D eigenvalue weighted by atomic mass is 10.1. The Hall–Kier alpha value is -2.22. The molecular weight excluding hydrogens is 428 g/mol. The van der Waals surface area contributed by atoms with Gasteiger partial charge in [-0.05, 0) is 31.2 Å². The number of esters is 1. The first-order valence-corrected chi connectivity index (χ1v) is 10.2. The van der Waals surface area contributed by atoms with Gasteiger partial charge >= 0.3 is 5.97 Å². The van der Waals surface area contributed by atoms with Gasteiger partial charge in [-0.3, -0.25) is 9.20 Å². The average molecular weight is 445 g/mol. The largest absolute Gasteiger partial charge is 0.466 e. The van der Waals surface area contributed by atoms with Crippen LogP contribution in [0.3, 0.4) is 0 Å². The van der Waals surface area contributed by atoms with Gasteiger partial charge in [0.15, 0.2) is 4.96 Å². The maximum atomic E-state index is 12.0. The number of carbonyl (C=O) groups excluding carboxylic acids is 1. The van der Waals surface area contributed by atoms with Crippen molar-refractivity contribution in [2.45, 2.75) is 19.4 Å². The van der Waals surface area contributed by atoms with Crippen molar-refractivity contribution in [2.24, 2.45) is 0 Å². The number of fused-ring (bicyclic) bond motifs is 3. The molecule has 1 N–H and O–H groups in total. The molecule has 0 radical (unpaired) electrons. The molecule has 2 aromatic carbocycles. The van der Waals surface area contributed by atoms with E-state index in [0.29, 0.717) is 11.4 Å². The van der Waals surface area contributed by atoms with Gasteiger partial charge in [0.2, 0.25) is 0 Å². The first-order chi connectivity index (χ1) is 13.1. The number of benzene rings is 2. The molecule has 0 aliphatic carbocycles. The Balaban J connectivity index is 1.91. The van der Waals surface area contributed by atoms with E-state index in [9.17, 15) is 9.90 Å². The molecule has 0 saturated heterocycles. The average Bonchev–Trinajstić information content (AvgIpc) is 3.18. The van der Waals surface area contributed by atoms with E-state index in [2.05, 4.69) is 15.9 Å². The number of aliphatic hydroxyl groups excluding tert-OH is 1. The third kappa shape index (κ3) is 3.38. The topological polar surface area (TPSA) is 63.8 Å². The number of hydrogen-bond acceptors (Lipinski definition) is 5. The summed E-state index contributed by atoms with van der Waals surface area (Å²) in [4.78, 5) is 17.5. The second-order valence-corrected chi connectivity index (χ2v) is 7.99. The van der Waals surface area contributed by atoms with Crippen LogP contribution in [0.5, 0.6) is 0 Å². The highest BCUT2D eigenvalue weighted by atomic mass is 79.9. The lowest BCUT2D eigenvalue weighted by molar-refractivity contribution is -0.145. The number of halogens is 1. The molecule has 0 saturated carbocycles. The van der Waals surface area contributed by atoms with Crippen LogP contribution in [0.2, 0.25) is 0 Å². The lowest BCUT2D eigenvalue weighted by Gasteiger charge is -2.12. The van der Waals surface area contributed by atoms with Crippen molar-refractivity contribution in [3.63, 3.8) is 0 Å². The summed E-state index contributed by atoms with van der Waals surface area (Å²) >= 11 is 5.00. The van der Waals surface area contributed by atoms with E-state index in [0.717, 1.165) is 25.2 Å². The van der Waals surface area contributed by atoms with Gasteiger partial charge in [0.05, 0.1) is 34.6 Å². The summed E-state index contributed by atoms with van der Waals surface area (Å²) in [6.45, 7) is 2.04. The van der Waals surface area contributed by atoms with Crippen LogP contribution in [0.1, 0.15) is 25.1 Å². The van der Waals surface area contributed by atoms with E-state index in [1.807, 2.05) is 52.9 Å². The Kier molecular flexibility index (Phi) is 4.99. The number of rotatable bonds is 5. The van der Waals surface area contributed by atoms with Crippen LogP contribution in [0.25, 0.3) is 26.4 Å². The summed E-state index contributed by atoms with van der Waals surface area (Å²) < 4.78 is 9.01. The van der Waals surface area contributed by atoms with Crippen LogP contribution < -0.4 is 0 Å². The van der Waals surface area contributed by atoms with Crippen LogP contribution in [0.4, 0.5) is 0 Å². The van der Waals surface area contributed by atoms with Gasteiger partial charge in [0.1, 0.15) is 6.10 Å². The number of imidazole rings is 1. The number of ether oxygens (including phenoxy) is 1. The van der Waals surface area contributed by atoms with Gasteiger partial charge in [-0.15, -0.1) is 0 Å². The Morgan fingerprint density at radius 2 is 2.00 bits per heavy atom. The molecule has 2 aromatic heterocycles. The molecule has 1 unspecified atom stereocenters. The highest BCUT2D eigenvalue weighted by molar-refractivity contribution is 9.10. The molecule has 1 atom stereocenters. The summed E-state index contributed by atoms with van der Waals surface area (Å²) in [6.07, 6.45) is -1.13. The molecule has 0 aliphatic heterocycles. The minimum atomic E-state index is -1.02. The lowest BCUT2D eigenvalue weighted by Crippen LogP contribution is -2.12. The number of para-hydroxylation sites is 1. The highest BCUT2D eigenvalue weighted by Gasteiger charge is 2.26. The SMILES string of the molecule is CCOC(=O)CC(O)c1c(-c2ccc(Br)cc2)nc2sc3ccccc3n12. The molecule has 5 nitrogen and oxygen atoms in total. The predicted octanol–water partition coefficient (Wildman–Crippen LogP) is 4.97. The zero-order valence-corrected chi connectivity index (χ0v) is 17.0. The number of hydrogen-bond donors (Lipinski definition) is 1. The van der Waals surface area contributed by atoms with Crippen molar-refractivity contribution < 1.29 is 14.6 Å². The monoisotopic (exact) mass is 444 g/mol. The van der Waals surface area contributed by atoms with Gasteiger partial charge in [-0.2, -0.15) is 0 Å². The van der Waals surface area contributed by atoms with Crippen molar-refractivity contribution in [1.29, 1.82) is 0 Å². The summed E-state index contributed by atoms with van der Waals surface area (Å²) in [6, 6.07) is 15.7. The molecule has 0 spiro atoms. The third-order valence-electron chi connectivity index (χ3n) is 4.29. The quantitative estimate of drug-likeness (QED) is 0.441. The Bertz CT molecular complexity index is 1120. The third-order valence-corrected chi connectivity index (χ3v) is 5.84. The van der Waals surface area contributed by atoms with Crippen molar-refractivity contribution in [3.05, 3.63) is 58.7 Å². The van der Waals surface area contributed by atoms with Crippen LogP contribution >= 0.6 is 27.3 Å². The minimum absolute atomic E-state index is 0.116. The fourth-order valence-electron chi connectivity index (χ4n) is 3.14. The van der Waals surface area contributed by atoms with E-state index < -0.39 is 12.1 Å². The van der Waals surface area contributed by atoms with E-state index in [1.54, 1.807) is 18.3 Å². The van der Waals surface area contributed by atoms with Crippen LogP contribution in [-0.4, -0.2) is 27.1 Å². The number of carbonyl (C=O) groups is 1. The normalized spacial score (nSPS) is 12.6. The van der Waals surface area contributed by atoms with Crippen LogP contribution in [-0.2, 0) is 9.53 Å². The van der Waals surface area contributed by atoms with Crippen LogP contribution in [0, 0.1) is 0 Å². The number of thiazole rings is 1. The summed E-state index contributed by atoms with van der Waals surface area (Å²) in [5.41, 5.74) is 3.14. The molecule has 7 heteroatoms. The molecule has 0 aliphatic rings. The standard InChI is InChI=1S/C20H17BrN2O3S/c1-2-26-17(25)11-15(24)19-18(12-7-9-13(21)10-8-12)22-20-23(19)14-5-3-4-6-16(14)27-20/h3-10,15,24H,2,11H2,1H3. The van der Waals surface area contributed by atoms with Gasteiger partial charge in [0, 0.05) is 10.0 Å². The van der Waals surface area contributed by atoms with Gasteiger partial charge < -0.3 is 9.84 Å². The fraction of sp³-hybridized carbons (Fsp3) is 0.200. The fourth-order valence-corrected chi connectivity index (χ4v) is 4.44. The van der Waals surface area contributed by atoms with Gasteiger partial charge in [-0.25, -0.2) is 4.98 Å². The van der Waals surface area contributed by atoms with E-state index in [4.69, 9.17) is 9.72 Å². The molecule has 2 heterocycles. The molecule has 0 bridgehead atoms. The summed E-state index contributed by atoms with van der Waals surface area (Å²) in [5.74, 6) is -0.429. The molecule has 27 heavy (non-hydrogen) atoms. The van der Waals surface area contributed by atoms with Crippen LogP contribution in [0.15, 0.2) is 53.0 Å². The Labute approximate surface area is 168 Å². The molecule has 4 aromatic rings. The molecular formula is C20H17BrN2O3S. The first-order valence-electron chi connectivity index (χ1n) is 8.58. The molecule has 138 valence electrons. The molecule has 0 amide bonds. The predicted molar refractivity (Wildman–Crippen MR) is 110 cm³/mol. The van der Waals surface area contributed by atoms with E-state index in [-0.39, 0.29) is 13.0 Å². The highest BCUT2D eigenvalue weighted by Crippen LogP contribution is 2.37. The first kappa shape index (κ1) is 18.2. The Morgan fingerprint density at radius 3 is 2.74 bits per heavy atom. The minimum Gasteiger partial charge on any atom is -0.466 e. The number of aromatic nitrogens is 2. The van der Waals surface area contributed by atoms with Crippen molar-refractivity contribution in [2.75, 3.05) is 6.61 Å². The number of aliphatic hydroxyl groups is 1. The summed E-state index contributed by atoms with van der Waals surface area (Å²) in [7, 11) is 0. The smallest absolute Gasteiger partial charge is 0.308 e. The van der Waals surface area contributed by atoms with E-state index >= 15 is 0 Å². The molecule has 4 rings (SSSR count). The second-order valence-electron chi connectivity index (χ2n) is 6.07. The summed E-state index contributed by atoms with van der Waals surface area (Å²) in [5, 5.41) is 10.9.